The Kier molecular flexibility index (Phi) is 11.4. The van der Waals surface area contributed by atoms with Crippen molar-refractivity contribution in [2.24, 2.45) is 20.5 Å². The average Bonchev–Trinajstić information content (AvgIpc) is 2.95. The van der Waals surface area contributed by atoms with E-state index in [0.29, 0.717) is 35.5 Å². The van der Waals surface area contributed by atoms with Crippen LogP contribution in [0.5, 0.6) is 11.5 Å². The number of hydrogen-bond acceptors (Lipinski definition) is 13. The molecule has 0 aromatic heterocycles. The Morgan fingerprint density at radius 1 is 0.881 bits per heavy atom. The predicted molar refractivity (Wildman–Crippen MR) is 152 cm³/mol. The monoisotopic (exact) mass is 602 g/mol. The van der Waals surface area contributed by atoms with Crippen LogP contribution in [0.15, 0.2) is 92.1 Å². The number of hydrogen-bond donors (Lipinski definition) is 4. The molecule has 42 heavy (non-hydrogen) atoms. The molecule has 0 spiro atoms. The number of aliphatic hydroxyl groups is 2. The van der Waals surface area contributed by atoms with Crippen LogP contribution in [0.3, 0.4) is 0 Å². The molecule has 13 nitrogen and oxygen atoms in total. The minimum absolute atomic E-state index is 0. The molecule has 0 bridgehead atoms. The van der Waals surface area contributed by atoms with Gasteiger partial charge in [0.2, 0.25) is 0 Å². The van der Waals surface area contributed by atoms with Gasteiger partial charge in [0.05, 0.1) is 36.6 Å². The summed E-state index contributed by atoms with van der Waals surface area (Å²) in [5.74, 6) is -0.334. The number of aromatic hydroxyl groups is 1. The Bertz CT molecular complexity index is 1710. The van der Waals surface area contributed by atoms with Crippen molar-refractivity contribution in [1.29, 1.82) is 0 Å². The maximum atomic E-state index is 11.9. The van der Waals surface area contributed by atoms with Gasteiger partial charge >= 0.3 is 29.6 Å². The second-order valence-electron chi connectivity index (χ2n) is 8.71. The number of nitrogen functional groups attached to an aromatic ring is 1. The summed E-state index contributed by atoms with van der Waals surface area (Å²) < 4.78 is 41.2. The van der Waals surface area contributed by atoms with Crippen LogP contribution in [0.25, 0.3) is 10.8 Å². The number of ether oxygens (including phenoxy) is 1. The Labute approximate surface area is 264 Å². The zero-order valence-electron chi connectivity index (χ0n) is 22.9. The third-order valence-corrected chi connectivity index (χ3v) is 6.85. The number of methoxy groups -OCH3 is 1. The molecule has 0 amide bonds. The van der Waals surface area contributed by atoms with Crippen LogP contribution >= 0.6 is 0 Å². The number of phenols is 1. The first-order valence-electron chi connectivity index (χ1n) is 12.2. The topological polar surface area (TPSA) is 206 Å². The zero-order valence-corrected chi connectivity index (χ0v) is 25.7. The predicted octanol–water partition coefficient (Wildman–Crippen LogP) is 1.67. The van der Waals surface area contributed by atoms with E-state index in [1.165, 1.54) is 37.4 Å². The van der Waals surface area contributed by atoms with E-state index in [1.807, 2.05) is 4.90 Å². The summed E-state index contributed by atoms with van der Waals surface area (Å²) in [6.07, 6.45) is 0. The van der Waals surface area contributed by atoms with E-state index in [0.717, 1.165) is 11.8 Å². The molecule has 5 N–H and O–H groups in total. The van der Waals surface area contributed by atoms with Crippen LogP contribution in [-0.2, 0) is 10.1 Å². The van der Waals surface area contributed by atoms with E-state index in [9.17, 15) is 28.3 Å². The van der Waals surface area contributed by atoms with Crippen molar-refractivity contribution < 1.29 is 62.6 Å². The summed E-state index contributed by atoms with van der Waals surface area (Å²) in [4.78, 5) is 1.10. The molecule has 0 heterocycles. The third-order valence-electron chi connectivity index (χ3n) is 6.00. The first-order valence-corrected chi connectivity index (χ1v) is 13.6. The van der Waals surface area contributed by atoms with E-state index in [4.69, 9.17) is 10.5 Å². The fourth-order valence-electron chi connectivity index (χ4n) is 4.02. The van der Waals surface area contributed by atoms with Crippen molar-refractivity contribution in [3.05, 3.63) is 66.7 Å². The molecule has 0 saturated heterocycles. The molecular formula is C27H27N6NaO7S. The van der Waals surface area contributed by atoms with Crippen molar-refractivity contribution in [2.45, 2.75) is 4.90 Å². The molecule has 0 aliphatic rings. The normalized spacial score (nSPS) is 11.7. The van der Waals surface area contributed by atoms with Crippen LogP contribution in [-0.4, -0.2) is 61.7 Å². The maximum absolute atomic E-state index is 11.9. The van der Waals surface area contributed by atoms with Gasteiger partial charge in [0.25, 0.3) is 0 Å². The molecule has 0 fully saturated rings. The SMILES string of the molecule is COc1cc(N=Nc2ccc(N(CCO)CCO)cc2)ccc1N=Nc1c(S(=O)(=O)[O-])cc2ccc(N)cc2c1O.[Na+]. The van der Waals surface area contributed by atoms with Gasteiger partial charge in [0.1, 0.15) is 27.2 Å². The Balaban J connectivity index is 0.00000484. The number of benzene rings is 4. The fourth-order valence-corrected chi connectivity index (χ4v) is 4.66. The van der Waals surface area contributed by atoms with Crippen LogP contribution in [0.4, 0.5) is 34.1 Å². The molecule has 214 valence electrons. The zero-order chi connectivity index (χ0) is 29.6. The van der Waals surface area contributed by atoms with E-state index < -0.39 is 26.5 Å². The van der Waals surface area contributed by atoms with E-state index in [2.05, 4.69) is 20.5 Å². The molecule has 0 atom stereocenters. The number of azo groups is 2. The average molecular weight is 603 g/mol. The molecule has 4 aromatic carbocycles. The summed E-state index contributed by atoms with van der Waals surface area (Å²) >= 11 is 0. The van der Waals surface area contributed by atoms with Crippen molar-refractivity contribution in [3.63, 3.8) is 0 Å². The van der Waals surface area contributed by atoms with Crippen LogP contribution < -0.4 is 44.9 Å². The van der Waals surface area contributed by atoms with Gasteiger partial charge < -0.3 is 35.2 Å². The Morgan fingerprint density at radius 3 is 2.14 bits per heavy atom. The molecule has 4 rings (SSSR count). The van der Waals surface area contributed by atoms with Gasteiger partial charge in [0, 0.05) is 35.9 Å². The number of nitrogens with zero attached hydrogens (tertiary/aromatic N) is 5. The molecule has 15 heteroatoms. The molecular weight excluding hydrogens is 575 g/mol. The minimum Gasteiger partial charge on any atom is -0.744 e. The number of anilines is 2. The molecule has 0 aliphatic heterocycles. The molecule has 4 aromatic rings. The summed E-state index contributed by atoms with van der Waals surface area (Å²) in [6.45, 7) is 0.675. The smallest absolute Gasteiger partial charge is 0.744 e. The number of rotatable bonds is 11. The third kappa shape index (κ3) is 7.80. The van der Waals surface area contributed by atoms with Crippen molar-refractivity contribution in [1.82, 2.24) is 0 Å². The van der Waals surface area contributed by atoms with E-state index >= 15 is 0 Å². The standard InChI is InChI=1S/C27H28N6O7S.Na/c1-40-24-16-20(30-29-19-4-7-21(8-5-19)33(10-12-34)11-13-35)6-9-23(24)31-32-26-25(41(37,38)39)14-17-2-3-18(28)15-22(17)27(26)36;/h2-9,14-16,34-36H,10-13,28H2,1H3,(H,37,38,39);/q;+1/p-1. The number of nitrogens with two attached hydrogens (primary N) is 1. The quantitative estimate of drug-likeness (QED) is 0.0851. The van der Waals surface area contributed by atoms with Gasteiger partial charge in [-0.1, -0.05) is 6.07 Å². The number of phenolic OH excluding ortho intramolecular Hbond substituents is 1. The van der Waals surface area contributed by atoms with Gasteiger partial charge in [-0.05, 0) is 60.0 Å². The van der Waals surface area contributed by atoms with Gasteiger partial charge in [-0.2, -0.15) is 10.2 Å². The summed E-state index contributed by atoms with van der Waals surface area (Å²) in [6, 6.07) is 17.2. The maximum Gasteiger partial charge on any atom is 1.00 e. The molecule has 0 radical (unpaired) electrons. The second kappa shape index (κ2) is 14.5. The van der Waals surface area contributed by atoms with Crippen molar-refractivity contribution >= 4 is 55.0 Å². The Morgan fingerprint density at radius 2 is 1.52 bits per heavy atom. The van der Waals surface area contributed by atoms with Crippen LogP contribution in [0.1, 0.15) is 0 Å². The van der Waals surface area contributed by atoms with Crippen LogP contribution in [0.2, 0.25) is 0 Å². The number of fused-ring (bicyclic) bond motifs is 1. The van der Waals surface area contributed by atoms with Crippen LogP contribution in [0, 0.1) is 0 Å². The van der Waals surface area contributed by atoms with Gasteiger partial charge in [-0.25, -0.2) is 8.42 Å². The number of aliphatic hydroxyl groups excluding tert-OH is 2. The molecule has 0 unspecified atom stereocenters. The molecule has 0 aliphatic carbocycles. The van der Waals surface area contributed by atoms with Gasteiger partial charge in [-0.3, -0.25) is 0 Å². The van der Waals surface area contributed by atoms with Gasteiger partial charge in [0.15, 0.2) is 5.75 Å². The van der Waals surface area contributed by atoms with E-state index in [-0.39, 0.29) is 59.6 Å². The fraction of sp³-hybridized carbons (Fsp3) is 0.185. The first-order chi connectivity index (χ1) is 19.6. The van der Waals surface area contributed by atoms with E-state index in [1.54, 1.807) is 30.3 Å². The Hall–Kier alpha value is -3.63. The summed E-state index contributed by atoms with van der Waals surface area (Å²) in [7, 11) is -3.62. The van der Waals surface area contributed by atoms with Gasteiger partial charge in [-0.15, -0.1) is 10.2 Å². The largest absolute Gasteiger partial charge is 1.00 e. The van der Waals surface area contributed by atoms with Crippen molar-refractivity contribution in [2.75, 3.05) is 44.0 Å². The van der Waals surface area contributed by atoms with Crippen molar-refractivity contribution in [3.8, 4) is 11.5 Å². The first kappa shape index (κ1) is 32.9. The second-order valence-corrected chi connectivity index (χ2v) is 10.1. The summed E-state index contributed by atoms with van der Waals surface area (Å²) in [5.41, 5.74) is 7.55. The molecule has 0 saturated carbocycles. The summed E-state index contributed by atoms with van der Waals surface area (Å²) in [5, 5.41) is 46.0. The minimum atomic E-state index is -5.01.